The number of hydrogen-bond donors (Lipinski definition) is 0. The zero-order valence-corrected chi connectivity index (χ0v) is 40.4. The van der Waals surface area contributed by atoms with Gasteiger partial charge in [0.1, 0.15) is 34.2 Å². The van der Waals surface area contributed by atoms with E-state index >= 15 is 0 Å². The first-order valence-corrected chi connectivity index (χ1v) is 25.8. The van der Waals surface area contributed by atoms with Crippen LogP contribution in [0.15, 0.2) is 247 Å². The Morgan fingerprint density at radius 2 is 0.867 bits per heavy atom. The molecule has 0 fully saturated rings. The number of ether oxygens (including phenoxy) is 2. The second-order valence-electron chi connectivity index (χ2n) is 20.2. The molecule has 1 aromatic heterocycles. The highest BCUT2D eigenvalue weighted by molar-refractivity contribution is 7.04. The van der Waals surface area contributed by atoms with E-state index in [1.165, 1.54) is 33.5 Å². The lowest BCUT2D eigenvalue weighted by Gasteiger charge is -2.51. The lowest BCUT2D eigenvalue weighted by atomic mass is 9.29. The summed E-state index contributed by atoms with van der Waals surface area (Å²) in [6, 6.07) is 87.2. The van der Waals surface area contributed by atoms with Gasteiger partial charge in [0.2, 0.25) is 0 Å². The summed E-state index contributed by atoms with van der Waals surface area (Å²) in [7, 11) is 0. The molecule has 6 nitrogen and oxygen atoms in total. The van der Waals surface area contributed by atoms with Crippen LogP contribution in [0.3, 0.4) is 0 Å². The van der Waals surface area contributed by atoms with Gasteiger partial charge in [-0.3, -0.25) is 0 Å². The highest BCUT2D eigenvalue weighted by Crippen LogP contribution is 2.56. The van der Waals surface area contributed by atoms with Crippen LogP contribution in [0.2, 0.25) is 0 Å². The minimum absolute atomic E-state index is 0.0612. The largest absolute Gasteiger partial charge is 0.458 e. The van der Waals surface area contributed by atoms with E-state index in [9.17, 15) is 0 Å². The van der Waals surface area contributed by atoms with E-state index in [-0.39, 0.29) is 19.3 Å². The molecular formula is C67H41B2N3O3. The molecule has 0 radical (unpaired) electrons. The van der Waals surface area contributed by atoms with E-state index < -0.39 is 0 Å². The van der Waals surface area contributed by atoms with Crippen LogP contribution < -0.4 is 57.0 Å². The maximum atomic E-state index is 7.46. The lowest BCUT2D eigenvalue weighted by Crippen LogP contribution is -2.68. The van der Waals surface area contributed by atoms with Gasteiger partial charge in [-0.1, -0.05) is 152 Å². The number of anilines is 9. The molecule has 0 spiro atoms. The molecule has 1 atom stereocenters. The molecule has 348 valence electrons. The van der Waals surface area contributed by atoms with Crippen molar-refractivity contribution in [3.05, 3.63) is 259 Å². The van der Waals surface area contributed by atoms with Crippen LogP contribution in [0, 0.1) is 0 Å². The average Bonchev–Trinajstić information content (AvgIpc) is 4.02. The summed E-state index contributed by atoms with van der Waals surface area (Å²) in [4.78, 5) is 7.21. The van der Waals surface area contributed by atoms with Gasteiger partial charge in [0.05, 0.1) is 0 Å². The fourth-order valence-electron chi connectivity index (χ4n) is 13.4. The minimum Gasteiger partial charge on any atom is -0.458 e. The molecule has 6 heterocycles. The van der Waals surface area contributed by atoms with Crippen molar-refractivity contribution in [1.29, 1.82) is 0 Å². The molecule has 0 saturated heterocycles. The minimum atomic E-state index is -0.243. The van der Waals surface area contributed by atoms with Crippen LogP contribution in [-0.4, -0.2) is 13.4 Å². The summed E-state index contributed by atoms with van der Waals surface area (Å²) in [5.41, 5.74) is 22.3. The lowest BCUT2D eigenvalue weighted by molar-refractivity contribution is 0.466. The number of hydrogen-bond acceptors (Lipinski definition) is 6. The monoisotopic (exact) mass is 957 g/mol. The van der Waals surface area contributed by atoms with E-state index in [0.717, 1.165) is 112 Å². The average molecular weight is 958 g/mol. The number of benzene rings is 11. The third-order valence-corrected chi connectivity index (χ3v) is 16.3. The molecule has 12 aromatic rings. The first-order chi connectivity index (χ1) is 37.2. The van der Waals surface area contributed by atoms with Crippen LogP contribution in [-0.2, 0) is 0 Å². The number of furan rings is 1. The van der Waals surface area contributed by atoms with Crippen molar-refractivity contribution >= 4 is 119 Å². The second kappa shape index (κ2) is 15.4. The second-order valence-corrected chi connectivity index (χ2v) is 20.2. The predicted molar refractivity (Wildman–Crippen MR) is 308 cm³/mol. The molecule has 1 unspecified atom stereocenters. The maximum absolute atomic E-state index is 7.46. The number of fused-ring (bicyclic) bond motifs is 10. The third kappa shape index (κ3) is 5.71. The van der Waals surface area contributed by atoms with Gasteiger partial charge >= 0.3 is 0 Å². The van der Waals surface area contributed by atoms with Gasteiger partial charge in [-0.05, 0) is 122 Å². The van der Waals surface area contributed by atoms with Crippen LogP contribution in [0.1, 0.15) is 22.6 Å². The zero-order chi connectivity index (χ0) is 48.9. The van der Waals surface area contributed by atoms with Gasteiger partial charge in [0.25, 0.3) is 13.4 Å². The summed E-state index contributed by atoms with van der Waals surface area (Å²) < 4.78 is 22.1. The topological polar surface area (TPSA) is 41.3 Å². The standard InChI is InChI=1S/C67H41B2N3O3/c1-6-19-41(20-7-1)60-49-30-18-31-54-64(49)72-65-51(60)39-50-48-29-16-17-32-55(48)75-67(50)63(65)69-53-36-34-47(71(44-25-12-4-13-26-44)45-27-14-5-15-28-45)38-57(53)74-59-40-58-61(66(72)62(59)69)68(54)52-35-33-46(37-56(52)73-58)70(42-21-8-2-9-22-42)43-23-10-3-11-24-43/h1-40,60H. The molecule has 0 bridgehead atoms. The molecule has 0 aliphatic carbocycles. The molecule has 5 aliphatic rings. The summed E-state index contributed by atoms with van der Waals surface area (Å²) in [6.07, 6.45) is 0. The quantitative estimate of drug-likeness (QED) is 0.148. The summed E-state index contributed by atoms with van der Waals surface area (Å²) in [5, 5.41) is 2.23. The molecule has 11 aromatic carbocycles. The Hall–Kier alpha value is -9.65. The van der Waals surface area contributed by atoms with Crippen molar-refractivity contribution in [3.63, 3.8) is 0 Å². The van der Waals surface area contributed by atoms with Crippen molar-refractivity contribution in [2.75, 3.05) is 14.7 Å². The molecule has 8 heteroatoms. The van der Waals surface area contributed by atoms with Gasteiger partial charge in [0, 0.05) is 86.1 Å². The van der Waals surface area contributed by atoms with Crippen molar-refractivity contribution in [2.45, 2.75) is 5.92 Å². The molecule has 5 aliphatic heterocycles. The summed E-state index contributed by atoms with van der Waals surface area (Å²) in [5.74, 6) is 3.15. The normalized spacial score (nSPS) is 14.4. The van der Waals surface area contributed by atoms with Gasteiger partial charge in [0.15, 0.2) is 0 Å². The number of rotatable bonds is 7. The summed E-state index contributed by atoms with van der Waals surface area (Å²) in [6.45, 7) is -0.373. The Kier molecular flexibility index (Phi) is 8.42. The van der Waals surface area contributed by atoms with Gasteiger partial charge in [-0.2, -0.15) is 0 Å². The first-order valence-electron chi connectivity index (χ1n) is 25.8. The Labute approximate surface area is 434 Å². The van der Waals surface area contributed by atoms with Crippen molar-refractivity contribution < 1.29 is 13.9 Å². The highest BCUT2D eigenvalue weighted by atomic mass is 16.5. The van der Waals surface area contributed by atoms with E-state index in [0.29, 0.717) is 0 Å². The molecule has 75 heavy (non-hydrogen) atoms. The van der Waals surface area contributed by atoms with E-state index in [1.807, 2.05) is 0 Å². The SMILES string of the molecule is c1ccc(C2c3cccc4c3N3c5c6c(cc7c5B(c5ccc(N(c8ccccc8)c8ccccc8)cc5O7)c5c3c2cc2c5oc3ccccc32)Oc2cc(N(c3ccccc3)c3ccccc3)ccc2B46)cc1. The van der Waals surface area contributed by atoms with Crippen molar-refractivity contribution in [3.8, 4) is 23.0 Å². The fraction of sp³-hybridized carbons (Fsp3) is 0.0149. The molecule has 0 N–H and O–H groups in total. The molecular weight excluding hydrogens is 916 g/mol. The molecule has 0 saturated carbocycles. The molecule has 0 amide bonds. The zero-order valence-electron chi connectivity index (χ0n) is 40.4. The Morgan fingerprint density at radius 3 is 1.45 bits per heavy atom. The highest BCUT2D eigenvalue weighted by Gasteiger charge is 2.55. The van der Waals surface area contributed by atoms with E-state index in [4.69, 9.17) is 13.9 Å². The Morgan fingerprint density at radius 1 is 0.347 bits per heavy atom. The Bertz CT molecular complexity index is 4260. The van der Waals surface area contributed by atoms with Crippen molar-refractivity contribution in [2.24, 2.45) is 0 Å². The number of para-hydroxylation sites is 6. The van der Waals surface area contributed by atoms with Crippen LogP contribution in [0.5, 0.6) is 23.0 Å². The van der Waals surface area contributed by atoms with Gasteiger partial charge < -0.3 is 28.6 Å². The number of nitrogens with zero attached hydrogens (tertiary/aromatic N) is 3. The first kappa shape index (κ1) is 40.9. The predicted octanol–water partition coefficient (Wildman–Crippen LogP) is 13.4. The smallest absolute Gasteiger partial charge is 0.261 e. The van der Waals surface area contributed by atoms with Crippen LogP contribution in [0.4, 0.5) is 51.2 Å². The Balaban J connectivity index is 0.958. The van der Waals surface area contributed by atoms with Crippen LogP contribution >= 0.6 is 0 Å². The maximum Gasteiger partial charge on any atom is 0.261 e. The van der Waals surface area contributed by atoms with Crippen molar-refractivity contribution in [1.82, 2.24) is 0 Å². The molecule has 17 rings (SSSR count). The third-order valence-electron chi connectivity index (χ3n) is 16.3. The van der Waals surface area contributed by atoms with E-state index in [1.54, 1.807) is 0 Å². The van der Waals surface area contributed by atoms with Crippen LogP contribution in [0.25, 0.3) is 21.9 Å². The summed E-state index contributed by atoms with van der Waals surface area (Å²) >= 11 is 0. The fourth-order valence-corrected chi connectivity index (χ4v) is 13.4. The van der Waals surface area contributed by atoms with Gasteiger partial charge in [-0.25, -0.2) is 0 Å². The van der Waals surface area contributed by atoms with E-state index in [2.05, 4.69) is 257 Å². The van der Waals surface area contributed by atoms with Gasteiger partial charge in [-0.15, -0.1) is 0 Å².